The summed E-state index contributed by atoms with van der Waals surface area (Å²) in [4.78, 5) is 21.2. The highest BCUT2D eigenvalue weighted by Gasteiger charge is 2.10. The zero-order chi connectivity index (χ0) is 14.4. The van der Waals surface area contributed by atoms with Gasteiger partial charge in [0.2, 0.25) is 0 Å². The number of nitrogens with zero attached hydrogens (tertiary/aromatic N) is 2. The maximum Gasteiger partial charge on any atom is 0.271 e. The number of benzene rings is 1. The van der Waals surface area contributed by atoms with Crippen molar-refractivity contribution < 1.29 is 9.84 Å². The van der Waals surface area contributed by atoms with E-state index in [-0.39, 0.29) is 12.2 Å². The third kappa shape index (κ3) is 3.63. The van der Waals surface area contributed by atoms with E-state index in [1.54, 1.807) is 7.11 Å². The van der Waals surface area contributed by atoms with Crippen molar-refractivity contribution in [3.05, 3.63) is 40.3 Å². The molecule has 2 N–H and O–H groups in total. The van der Waals surface area contributed by atoms with Crippen LogP contribution in [0.5, 0.6) is 0 Å². The first-order valence-electron chi connectivity index (χ1n) is 6.54. The fourth-order valence-corrected chi connectivity index (χ4v) is 2.02. The molecular formula is C14H19N3O3. The van der Waals surface area contributed by atoms with Crippen molar-refractivity contribution in [2.45, 2.75) is 6.54 Å². The Labute approximate surface area is 117 Å². The molecule has 1 aromatic heterocycles. The minimum Gasteiger partial charge on any atom is -0.395 e. The molecule has 0 bridgehead atoms. The number of H-pyrrole nitrogens is 1. The number of aromatic nitrogens is 2. The monoisotopic (exact) mass is 277 g/mol. The van der Waals surface area contributed by atoms with Crippen molar-refractivity contribution in [2.24, 2.45) is 0 Å². The van der Waals surface area contributed by atoms with Crippen LogP contribution in [-0.2, 0) is 11.3 Å². The van der Waals surface area contributed by atoms with E-state index in [0.29, 0.717) is 31.9 Å². The molecule has 0 unspecified atom stereocenters. The van der Waals surface area contributed by atoms with Crippen molar-refractivity contribution in [2.75, 3.05) is 33.4 Å². The molecule has 0 aliphatic rings. The van der Waals surface area contributed by atoms with Crippen LogP contribution < -0.4 is 5.56 Å². The fraction of sp³-hybridized carbons (Fsp3) is 0.429. The van der Waals surface area contributed by atoms with Gasteiger partial charge in [-0.15, -0.1) is 0 Å². The van der Waals surface area contributed by atoms with Gasteiger partial charge in [0.15, 0.2) is 0 Å². The summed E-state index contributed by atoms with van der Waals surface area (Å²) in [6.07, 6.45) is 0. The second kappa shape index (κ2) is 7.14. The number of methoxy groups -OCH3 is 1. The molecule has 2 rings (SSSR count). The molecule has 0 aliphatic heterocycles. The lowest BCUT2D eigenvalue weighted by atomic mass is 10.3. The Kier molecular flexibility index (Phi) is 5.23. The van der Waals surface area contributed by atoms with Crippen LogP contribution in [0.1, 0.15) is 5.69 Å². The van der Waals surface area contributed by atoms with Gasteiger partial charge in [-0.2, -0.15) is 0 Å². The Bertz CT molecular complexity index is 612. The van der Waals surface area contributed by atoms with E-state index < -0.39 is 0 Å². The maximum absolute atomic E-state index is 12.0. The number of aliphatic hydroxyl groups is 1. The average molecular weight is 277 g/mol. The van der Waals surface area contributed by atoms with Gasteiger partial charge in [0.05, 0.1) is 24.2 Å². The summed E-state index contributed by atoms with van der Waals surface area (Å²) < 4.78 is 5.03. The molecule has 2 aromatic rings. The predicted molar refractivity (Wildman–Crippen MR) is 76.6 cm³/mol. The van der Waals surface area contributed by atoms with Gasteiger partial charge >= 0.3 is 0 Å². The molecule has 1 aromatic carbocycles. The Balaban J connectivity index is 2.22. The smallest absolute Gasteiger partial charge is 0.271 e. The summed E-state index contributed by atoms with van der Waals surface area (Å²) in [6.45, 7) is 2.10. The summed E-state index contributed by atoms with van der Waals surface area (Å²) in [5.41, 5.74) is 1.75. The molecule has 0 fully saturated rings. The van der Waals surface area contributed by atoms with E-state index in [1.165, 1.54) is 0 Å². The standard InChI is InChI=1S/C14H19N3O3/c1-20-9-7-17(6-8-18)10-13-14(19)16-12-5-3-2-4-11(12)15-13/h2-5,18H,6-10H2,1H3,(H,16,19). The van der Waals surface area contributed by atoms with Gasteiger partial charge in [-0.1, -0.05) is 12.1 Å². The molecule has 0 aliphatic carbocycles. The number of nitrogens with one attached hydrogen (secondary N) is 1. The molecule has 6 heteroatoms. The minimum absolute atomic E-state index is 0.0369. The van der Waals surface area contributed by atoms with Gasteiger partial charge in [-0.25, -0.2) is 4.98 Å². The second-order valence-corrected chi connectivity index (χ2v) is 4.52. The summed E-state index contributed by atoms with van der Waals surface area (Å²) in [6, 6.07) is 7.42. The van der Waals surface area contributed by atoms with E-state index in [4.69, 9.17) is 9.84 Å². The highest BCUT2D eigenvalue weighted by atomic mass is 16.5. The van der Waals surface area contributed by atoms with Gasteiger partial charge in [-0.3, -0.25) is 9.69 Å². The van der Waals surface area contributed by atoms with Crippen LogP contribution in [0, 0.1) is 0 Å². The summed E-state index contributed by atoms with van der Waals surface area (Å²) in [5, 5.41) is 9.07. The van der Waals surface area contributed by atoms with E-state index in [0.717, 1.165) is 11.0 Å². The summed E-state index contributed by atoms with van der Waals surface area (Å²) in [5.74, 6) is 0. The molecule has 108 valence electrons. The zero-order valence-electron chi connectivity index (χ0n) is 11.5. The largest absolute Gasteiger partial charge is 0.395 e. The molecular weight excluding hydrogens is 258 g/mol. The number of hydrogen-bond acceptors (Lipinski definition) is 5. The molecule has 0 amide bonds. The first kappa shape index (κ1) is 14.6. The summed E-state index contributed by atoms with van der Waals surface area (Å²) >= 11 is 0. The van der Waals surface area contributed by atoms with Crippen molar-refractivity contribution in [3.8, 4) is 0 Å². The lowest BCUT2D eigenvalue weighted by Crippen LogP contribution is -2.33. The number of aliphatic hydroxyl groups excluding tert-OH is 1. The highest BCUT2D eigenvalue weighted by molar-refractivity contribution is 5.73. The maximum atomic E-state index is 12.0. The van der Waals surface area contributed by atoms with E-state index >= 15 is 0 Å². The van der Waals surface area contributed by atoms with Crippen LogP contribution in [0.15, 0.2) is 29.1 Å². The lowest BCUT2D eigenvalue weighted by molar-refractivity contribution is 0.126. The molecule has 0 saturated carbocycles. The normalized spacial score (nSPS) is 11.3. The van der Waals surface area contributed by atoms with Gasteiger partial charge in [0.1, 0.15) is 5.69 Å². The minimum atomic E-state index is -0.191. The molecule has 0 saturated heterocycles. The number of ether oxygens (including phenoxy) is 1. The molecule has 0 radical (unpaired) electrons. The quantitative estimate of drug-likeness (QED) is 0.764. The third-order valence-electron chi connectivity index (χ3n) is 3.07. The van der Waals surface area contributed by atoms with Crippen molar-refractivity contribution >= 4 is 11.0 Å². The van der Waals surface area contributed by atoms with Crippen LogP contribution in [0.4, 0.5) is 0 Å². The number of rotatable bonds is 7. The van der Waals surface area contributed by atoms with Gasteiger partial charge in [0.25, 0.3) is 5.56 Å². The van der Waals surface area contributed by atoms with Crippen molar-refractivity contribution in [3.63, 3.8) is 0 Å². The van der Waals surface area contributed by atoms with Gasteiger partial charge in [0, 0.05) is 26.7 Å². The Hall–Kier alpha value is -1.76. The number of hydrogen-bond donors (Lipinski definition) is 2. The molecule has 1 heterocycles. The Morgan fingerprint density at radius 1 is 1.35 bits per heavy atom. The highest BCUT2D eigenvalue weighted by Crippen LogP contribution is 2.07. The first-order chi connectivity index (χ1) is 9.74. The topological polar surface area (TPSA) is 78.5 Å². The Morgan fingerprint density at radius 2 is 2.15 bits per heavy atom. The van der Waals surface area contributed by atoms with E-state index in [1.807, 2.05) is 29.2 Å². The third-order valence-corrected chi connectivity index (χ3v) is 3.07. The first-order valence-corrected chi connectivity index (χ1v) is 6.54. The fourth-order valence-electron chi connectivity index (χ4n) is 2.02. The summed E-state index contributed by atoms with van der Waals surface area (Å²) in [7, 11) is 1.62. The average Bonchev–Trinajstić information content (AvgIpc) is 2.45. The molecule has 0 atom stereocenters. The van der Waals surface area contributed by atoms with Crippen LogP contribution in [-0.4, -0.2) is 53.4 Å². The number of para-hydroxylation sites is 2. The van der Waals surface area contributed by atoms with Crippen LogP contribution >= 0.6 is 0 Å². The van der Waals surface area contributed by atoms with E-state index in [2.05, 4.69) is 9.97 Å². The van der Waals surface area contributed by atoms with E-state index in [9.17, 15) is 4.79 Å². The van der Waals surface area contributed by atoms with Crippen LogP contribution in [0.2, 0.25) is 0 Å². The predicted octanol–water partition coefficient (Wildman–Crippen LogP) is 0.364. The number of aromatic amines is 1. The zero-order valence-corrected chi connectivity index (χ0v) is 11.5. The Morgan fingerprint density at radius 3 is 2.90 bits per heavy atom. The van der Waals surface area contributed by atoms with Gasteiger partial charge in [-0.05, 0) is 12.1 Å². The lowest BCUT2D eigenvalue weighted by Gasteiger charge is -2.19. The molecule has 20 heavy (non-hydrogen) atoms. The van der Waals surface area contributed by atoms with Gasteiger partial charge < -0.3 is 14.8 Å². The second-order valence-electron chi connectivity index (χ2n) is 4.52. The SMILES string of the molecule is COCCN(CCO)Cc1nc2ccccc2[nH]c1=O. The number of fused-ring (bicyclic) bond motifs is 1. The molecule has 0 spiro atoms. The van der Waals surface area contributed by atoms with Crippen LogP contribution in [0.25, 0.3) is 11.0 Å². The molecule has 6 nitrogen and oxygen atoms in total. The van der Waals surface area contributed by atoms with Crippen molar-refractivity contribution in [1.29, 1.82) is 0 Å². The van der Waals surface area contributed by atoms with Crippen LogP contribution in [0.3, 0.4) is 0 Å². The van der Waals surface area contributed by atoms with Crippen molar-refractivity contribution in [1.82, 2.24) is 14.9 Å².